The van der Waals surface area contributed by atoms with Gasteiger partial charge in [-0.3, -0.25) is 0 Å². The van der Waals surface area contributed by atoms with Gasteiger partial charge in [0, 0.05) is 11.8 Å². The second-order valence-corrected chi connectivity index (χ2v) is 6.81. The molecule has 121 valence electrons. The van der Waals surface area contributed by atoms with Crippen LogP contribution >= 0.6 is 0 Å². The van der Waals surface area contributed by atoms with E-state index in [-0.39, 0.29) is 0 Å². The first-order valence-corrected chi connectivity index (χ1v) is 8.04. The van der Waals surface area contributed by atoms with Crippen LogP contribution in [-0.4, -0.2) is 10.5 Å². The van der Waals surface area contributed by atoms with Gasteiger partial charge in [0.15, 0.2) is 5.82 Å². The van der Waals surface area contributed by atoms with Gasteiger partial charge in [0.2, 0.25) is 0 Å². The Hall–Kier alpha value is -2.65. The minimum Gasteiger partial charge on any atom is -0.236 e. The van der Waals surface area contributed by atoms with Crippen LogP contribution in [0.3, 0.4) is 0 Å². The summed E-state index contributed by atoms with van der Waals surface area (Å²) >= 11 is 0. The van der Waals surface area contributed by atoms with Gasteiger partial charge in [-0.1, -0.05) is 59.8 Å². The van der Waals surface area contributed by atoms with E-state index in [2.05, 4.69) is 41.4 Å². The van der Waals surface area contributed by atoms with E-state index in [0.717, 1.165) is 16.2 Å². The Labute approximate surface area is 143 Å². The van der Waals surface area contributed by atoms with Crippen LogP contribution in [0.5, 0.6) is 0 Å². The van der Waals surface area contributed by atoms with Crippen molar-refractivity contribution in [3.05, 3.63) is 72.9 Å². The van der Waals surface area contributed by atoms with E-state index in [1.165, 1.54) is 11.1 Å². The highest BCUT2D eigenvalue weighted by molar-refractivity contribution is 5.70. The fourth-order valence-corrected chi connectivity index (χ4v) is 2.51. The maximum absolute atomic E-state index is 12.2. The summed E-state index contributed by atoms with van der Waals surface area (Å²) in [6.07, 6.45) is 1.75. The number of aromatic nitrogens is 1. The van der Waals surface area contributed by atoms with Crippen molar-refractivity contribution in [3.63, 3.8) is 0 Å². The second-order valence-electron chi connectivity index (χ2n) is 6.81. The summed E-state index contributed by atoms with van der Waals surface area (Å²) in [4.78, 5) is 4.32. The number of rotatable bonds is 3. The molecule has 0 spiro atoms. The fourth-order valence-electron chi connectivity index (χ4n) is 2.51. The zero-order valence-electron chi connectivity index (χ0n) is 14.2. The highest BCUT2D eigenvalue weighted by atomic mass is 16.5. The van der Waals surface area contributed by atoms with Gasteiger partial charge in [0.1, 0.15) is 0 Å². The molecule has 0 aliphatic rings. The van der Waals surface area contributed by atoms with E-state index in [1.54, 1.807) is 12.3 Å². The van der Waals surface area contributed by atoms with Gasteiger partial charge in [-0.2, -0.15) is 5.06 Å². The van der Waals surface area contributed by atoms with Crippen molar-refractivity contribution in [2.45, 2.75) is 26.3 Å². The van der Waals surface area contributed by atoms with Gasteiger partial charge in [0.25, 0.3) is 0 Å². The number of hydrogen-bond acceptors (Lipinski definition) is 2. The lowest BCUT2D eigenvalue weighted by molar-refractivity contribution is 0.0996. The quantitative estimate of drug-likeness (QED) is 0.609. The molecule has 24 heavy (non-hydrogen) atoms. The van der Waals surface area contributed by atoms with Gasteiger partial charge in [-0.05, 0) is 49.6 Å². The molecule has 0 fully saturated rings. The Morgan fingerprint density at radius 1 is 0.708 bits per heavy atom. The third-order valence-corrected chi connectivity index (χ3v) is 3.89. The maximum atomic E-state index is 12.2. The van der Waals surface area contributed by atoms with E-state index in [0.29, 0.717) is 5.82 Å². The van der Waals surface area contributed by atoms with Crippen molar-refractivity contribution < 1.29 is 5.21 Å². The Morgan fingerprint density at radius 2 is 1.21 bits per heavy atom. The topological polar surface area (TPSA) is 36.0 Å². The molecular formula is C21H21N2O. The fraction of sp³-hybridized carbons (Fsp3) is 0.190. The van der Waals surface area contributed by atoms with Crippen molar-refractivity contribution in [3.8, 4) is 22.3 Å². The van der Waals surface area contributed by atoms with Crippen molar-refractivity contribution in [1.29, 1.82) is 0 Å². The molecule has 2 aromatic carbocycles. The van der Waals surface area contributed by atoms with E-state index < -0.39 is 5.54 Å². The average Bonchev–Trinajstić information content (AvgIpc) is 2.61. The summed E-state index contributed by atoms with van der Waals surface area (Å²) in [5.74, 6) is 0.437. The molecule has 0 aliphatic heterocycles. The number of benzene rings is 2. The molecule has 0 saturated carbocycles. The van der Waals surface area contributed by atoms with Gasteiger partial charge in [-0.25, -0.2) is 4.98 Å². The van der Waals surface area contributed by atoms with Crippen LogP contribution in [-0.2, 0) is 5.21 Å². The molecule has 0 N–H and O–H groups in total. The normalized spacial score (nSPS) is 11.3. The molecule has 0 atom stereocenters. The predicted molar refractivity (Wildman–Crippen MR) is 98.0 cm³/mol. The maximum Gasteiger partial charge on any atom is 0.156 e. The second kappa shape index (κ2) is 6.46. The highest BCUT2D eigenvalue weighted by Crippen LogP contribution is 2.26. The molecule has 0 unspecified atom stereocenters. The summed E-state index contributed by atoms with van der Waals surface area (Å²) in [6, 6.07) is 22.4. The zero-order chi connectivity index (χ0) is 17.2. The van der Waals surface area contributed by atoms with E-state index in [4.69, 9.17) is 0 Å². The zero-order valence-corrected chi connectivity index (χ0v) is 14.2. The summed E-state index contributed by atoms with van der Waals surface area (Å²) in [7, 11) is 0. The number of nitrogens with zero attached hydrogens (tertiary/aromatic N) is 2. The molecule has 0 bridgehead atoms. The molecular weight excluding hydrogens is 296 g/mol. The van der Waals surface area contributed by atoms with Crippen molar-refractivity contribution in [2.24, 2.45) is 0 Å². The van der Waals surface area contributed by atoms with E-state index in [1.807, 2.05) is 45.0 Å². The molecule has 3 rings (SSSR count). The molecule has 1 heterocycles. The molecule has 1 radical (unpaired) electrons. The summed E-state index contributed by atoms with van der Waals surface area (Å²) in [5, 5.41) is 13.1. The van der Waals surface area contributed by atoms with Crippen molar-refractivity contribution >= 4 is 5.82 Å². The number of hydrogen-bond donors (Lipinski definition) is 0. The third-order valence-electron chi connectivity index (χ3n) is 3.89. The lowest BCUT2D eigenvalue weighted by atomic mass is 10.0. The lowest BCUT2D eigenvalue weighted by Crippen LogP contribution is -2.37. The van der Waals surface area contributed by atoms with Crippen LogP contribution in [0.2, 0.25) is 0 Å². The lowest BCUT2D eigenvalue weighted by Gasteiger charge is -2.27. The number of anilines is 1. The van der Waals surface area contributed by atoms with Crippen LogP contribution in [0.15, 0.2) is 72.9 Å². The minimum absolute atomic E-state index is 0.437. The SMILES string of the molecule is CC(C)(C)N([O])c1ccc(-c2ccc(-c3ccccc3)cc2)cn1. The molecule has 1 aromatic heterocycles. The number of pyridine rings is 1. The summed E-state index contributed by atoms with van der Waals surface area (Å²) < 4.78 is 0. The monoisotopic (exact) mass is 317 g/mol. The van der Waals surface area contributed by atoms with E-state index >= 15 is 0 Å². The van der Waals surface area contributed by atoms with Crippen molar-refractivity contribution in [1.82, 2.24) is 4.98 Å². The molecule has 0 saturated heterocycles. The number of hydroxylamine groups is 1. The molecule has 3 aromatic rings. The van der Waals surface area contributed by atoms with Gasteiger partial charge < -0.3 is 0 Å². The predicted octanol–water partition coefficient (Wildman–Crippen LogP) is 5.37. The summed E-state index contributed by atoms with van der Waals surface area (Å²) in [5.41, 5.74) is 3.97. The van der Waals surface area contributed by atoms with E-state index in [9.17, 15) is 5.21 Å². The van der Waals surface area contributed by atoms with Crippen LogP contribution in [0.4, 0.5) is 5.82 Å². The highest BCUT2D eigenvalue weighted by Gasteiger charge is 2.22. The Morgan fingerprint density at radius 3 is 1.71 bits per heavy atom. The first-order valence-electron chi connectivity index (χ1n) is 8.04. The molecule has 3 nitrogen and oxygen atoms in total. The standard InChI is InChI=1S/C21H21N2O/c1-21(2,3)23(24)20-14-13-19(15-22-20)18-11-9-17(10-12-18)16-7-5-4-6-8-16/h4-15H,1-3H3. The van der Waals surface area contributed by atoms with Gasteiger partial charge >= 0.3 is 0 Å². The van der Waals surface area contributed by atoms with Crippen molar-refractivity contribution in [2.75, 3.05) is 5.06 Å². The molecule has 3 heteroatoms. The first kappa shape index (κ1) is 16.2. The largest absolute Gasteiger partial charge is 0.236 e. The third kappa shape index (κ3) is 3.47. The Bertz CT molecular complexity index is 788. The molecule has 0 amide bonds. The van der Waals surface area contributed by atoms with Gasteiger partial charge in [-0.15, -0.1) is 0 Å². The Kier molecular flexibility index (Phi) is 4.36. The minimum atomic E-state index is -0.494. The van der Waals surface area contributed by atoms with Crippen LogP contribution in [0, 0.1) is 0 Å². The average molecular weight is 317 g/mol. The summed E-state index contributed by atoms with van der Waals surface area (Å²) in [6.45, 7) is 5.62. The Balaban J connectivity index is 1.82. The van der Waals surface area contributed by atoms with Crippen LogP contribution in [0.25, 0.3) is 22.3 Å². The van der Waals surface area contributed by atoms with Crippen LogP contribution in [0.1, 0.15) is 20.8 Å². The first-order chi connectivity index (χ1) is 11.4. The smallest absolute Gasteiger partial charge is 0.156 e. The van der Waals surface area contributed by atoms with Crippen LogP contribution < -0.4 is 5.06 Å². The molecule has 0 aliphatic carbocycles. The van der Waals surface area contributed by atoms with Gasteiger partial charge in [0.05, 0.1) is 5.54 Å².